The van der Waals surface area contributed by atoms with Crippen molar-refractivity contribution in [3.63, 3.8) is 0 Å². The normalized spacial score (nSPS) is 15.7. The van der Waals surface area contributed by atoms with Crippen LogP contribution >= 0.6 is 0 Å². The first-order chi connectivity index (χ1) is 16.0. The summed E-state index contributed by atoms with van der Waals surface area (Å²) in [6.07, 6.45) is 6.60. The SMILES string of the molecule is Cc1c(-c2cnn(C)c2)ccc2cnc(NC(O)c3ccnc(N4CCN(C)CC4)c3)cc12. The maximum Gasteiger partial charge on any atom is 0.152 e. The lowest BCUT2D eigenvalue weighted by atomic mass is 9.98. The van der Waals surface area contributed by atoms with Crippen LogP contribution in [0.4, 0.5) is 11.6 Å². The minimum atomic E-state index is -0.883. The molecule has 8 nitrogen and oxygen atoms in total. The van der Waals surface area contributed by atoms with Crippen LogP contribution in [0.3, 0.4) is 0 Å². The number of rotatable bonds is 5. The molecule has 8 heteroatoms. The van der Waals surface area contributed by atoms with E-state index in [4.69, 9.17) is 0 Å². The van der Waals surface area contributed by atoms with Crippen LogP contribution in [-0.4, -0.2) is 63.0 Å². The zero-order valence-corrected chi connectivity index (χ0v) is 19.2. The molecular weight excluding hydrogens is 414 g/mol. The third kappa shape index (κ3) is 4.40. The Morgan fingerprint density at radius 3 is 2.58 bits per heavy atom. The van der Waals surface area contributed by atoms with Crippen molar-refractivity contribution in [1.82, 2.24) is 24.6 Å². The van der Waals surface area contributed by atoms with E-state index in [0.717, 1.165) is 65.0 Å². The van der Waals surface area contributed by atoms with Crippen molar-refractivity contribution in [1.29, 1.82) is 0 Å². The summed E-state index contributed by atoms with van der Waals surface area (Å²) in [5.74, 6) is 1.52. The molecule has 170 valence electrons. The van der Waals surface area contributed by atoms with Crippen LogP contribution < -0.4 is 10.2 Å². The van der Waals surface area contributed by atoms with Crippen molar-refractivity contribution < 1.29 is 5.11 Å². The molecule has 0 bridgehead atoms. The summed E-state index contributed by atoms with van der Waals surface area (Å²) in [4.78, 5) is 13.6. The number of benzene rings is 1. The first-order valence-corrected chi connectivity index (χ1v) is 11.2. The molecule has 0 amide bonds. The summed E-state index contributed by atoms with van der Waals surface area (Å²) in [7, 11) is 4.05. The number of aliphatic hydroxyl groups excluding tert-OH is 1. The summed E-state index contributed by atoms with van der Waals surface area (Å²) in [6, 6.07) is 9.97. The van der Waals surface area contributed by atoms with Gasteiger partial charge in [0.25, 0.3) is 0 Å². The quantitative estimate of drug-likeness (QED) is 0.459. The van der Waals surface area contributed by atoms with Gasteiger partial charge in [0.15, 0.2) is 6.23 Å². The number of aliphatic hydroxyl groups is 1. The fourth-order valence-electron chi connectivity index (χ4n) is 4.35. The standard InChI is InChI=1S/C25H29N7O/c1-17-21(20-15-28-31(3)16-20)5-4-19-14-27-23(13-22(17)19)29-25(33)18-6-7-26-24(12-18)32-10-8-30(2)9-11-32/h4-7,12-16,25,33H,8-11H2,1-3H3,(H,27,29). The summed E-state index contributed by atoms with van der Waals surface area (Å²) < 4.78 is 1.81. The van der Waals surface area contributed by atoms with Gasteiger partial charge in [0, 0.05) is 68.3 Å². The molecule has 1 unspecified atom stereocenters. The molecule has 1 aliphatic heterocycles. The Labute approximate surface area is 193 Å². The Balaban J connectivity index is 1.38. The second-order valence-corrected chi connectivity index (χ2v) is 8.72. The van der Waals surface area contributed by atoms with E-state index in [-0.39, 0.29) is 0 Å². The van der Waals surface area contributed by atoms with Gasteiger partial charge in [0.2, 0.25) is 0 Å². The van der Waals surface area contributed by atoms with Crippen molar-refractivity contribution in [3.05, 3.63) is 66.2 Å². The number of likely N-dealkylation sites (N-methyl/N-ethyl adjacent to an activating group) is 1. The molecular formula is C25H29N7O. The van der Waals surface area contributed by atoms with Crippen molar-refractivity contribution >= 4 is 22.4 Å². The molecule has 5 rings (SSSR count). The Morgan fingerprint density at radius 1 is 1.00 bits per heavy atom. The number of hydrogen-bond donors (Lipinski definition) is 2. The van der Waals surface area contributed by atoms with Crippen LogP contribution in [0.15, 0.2) is 55.1 Å². The van der Waals surface area contributed by atoms with Gasteiger partial charge in [-0.05, 0) is 48.7 Å². The second-order valence-electron chi connectivity index (χ2n) is 8.72. The molecule has 1 fully saturated rings. The van der Waals surface area contributed by atoms with Gasteiger partial charge < -0.3 is 20.2 Å². The Kier molecular flexibility index (Phi) is 5.70. The highest BCUT2D eigenvalue weighted by atomic mass is 16.3. The summed E-state index contributed by atoms with van der Waals surface area (Å²) in [5, 5.41) is 20.5. The second kappa shape index (κ2) is 8.80. The van der Waals surface area contributed by atoms with Crippen LogP contribution in [0, 0.1) is 6.92 Å². The summed E-state index contributed by atoms with van der Waals surface area (Å²) >= 11 is 0. The predicted molar refractivity (Wildman–Crippen MR) is 131 cm³/mol. The molecule has 1 saturated heterocycles. The number of piperazine rings is 1. The van der Waals surface area contributed by atoms with E-state index in [0.29, 0.717) is 5.82 Å². The van der Waals surface area contributed by atoms with Crippen LogP contribution in [0.1, 0.15) is 17.4 Å². The lowest BCUT2D eigenvalue weighted by Gasteiger charge is -2.33. The van der Waals surface area contributed by atoms with E-state index in [1.165, 1.54) is 0 Å². The predicted octanol–water partition coefficient (Wildman–Crippen LogP) is 3.19. The molecule has 33 heavy (non-hydrogen) atoms. The molecule has 3 aromatic heterocycles. The van der Waals surface area contributed by atoms with Gasteiger partial charge in [-0.25, -0.2) is 9.97 Å². The average molecular weight is 444 g/mol. The van der Waals surface area contributed by atoms with E-state index >= 15 is 0 Å². The molecule has 0 saturated carbocycles. The fourth-order valence-corrected chi connectivity index (χ4v) is 4.35. The van der Waals surface area contributed by atoms with Crippen LogP contribution in [0.5, 0.6) is 0 Å². The average Bonchev–Trinajstić information content (AvgIpc) is 3.26. The molecule has 0 radical (unpaired) electrons. The first-order valence-electron chi connectivity index (χ1n) is 11.2. The van der Waals surface area contributed by atoms with E-state index in [2.05, 4.69) is 56.3 Å². The molecule has 1 aromatic carbocycles. The topological polar surface area (TPSA) is 82.3 Å². The molecule has 4 heterocycles. The third-order valence-electron chi connectivity index (χ3n) is 6.39. The lowest BCUT2D eigenvalue weighted by Crippen LogP contribution is -2.44. The smallest absolute Gasteiger partial charge is 0.152 e. The maximum atomic E-state index is 10.9. The zero-order valence-electron chi connectivity index (χ0n) is 19.2. The maximum absolute atomic E-state index is 10.9. The van der Waals surface area contributed by atoms with E-state index in [1.54, 1.807) is 10.9 Å². The van der Waals surface area contributed by atoms with Gasteiger partial charge in [-0.1, -0.05) is 12.1 Å². The van der Waals surface area contributed by atoms with Crippen LogP contribution in [-0.2, 0) is 7.05 Å². The number of anilines is 2. The molecule has 0 spiro atoms. The summed E-state index contributed by atoms with van der Waals surface area (Å²) in [6.45, 7) is 5.99. The number of pyridine rings is 2. The van der Waals surface area contributed by atoms with Gasteiger partial charge in [-0.2, -0.15) is 5.10 Å². The van der Waals surface area contributed by atoms with Gasteiger partial charge >= 0.3 is 0 Å². The molecule has 4 aromatic rings. The highest BCUT2D eigenvalue weighted by molar-refractivity contribution is 5.92. The van der Waals surface area contributed by atoms with Gasteiger partial charge in [-0.3, -0.25) is 4.68 Å². The minimum Gasteiger partial charge on any atom is -0.369 e. The number of aromatic nitrogens is 4. The van der Waals surface area contributed by atoms with E-state index in [9.17, 15) is 5.11 Å². The van der Waals surface area contributed by atoms with Crippen molar-refractivity contribution in [2.24, 2.45) is 7.05 Å². The number of hydrogen-bond acceptors (Lipinski definition) is 7. The number of aryl methyl sites for hydroxylation is 2. The van der Waals surface area contributed by atoms with Crippen molar-refractivity contribution in [2.45, 2.75) is 13.2 Å². The van der Waals surface area contributed by atoms with Crippen molar-refractivity contribution in [2.75, 3.05) is 43.4 Å². The first kappa shape index (κ1) is 21.4. The van der Waals surface area contributed by atoms with Crippen LogP contribution in [0.25, 0.3) is 21.9 Å². The highest BCUT2D eigenvalue weighted by Gasteiger charge is 2.17. The Bertz CT molecular complexity index is 1280. The largest absolute Gasteiger partial charge is 0.369 e. The lowest BCUT2D eigenvalue weighted by molar-refractivity contribution is 0.207. The zero-order chi connectivity index (χ0) is 22.9. The molecule has 1 aliphatic rings. The van der Waals surface area contributed by atoms with Crippen molar-refractivity contribution in [3.8, 4) is 11.1 Å². The molecule has 2 N–H and O–H groups in total. The Morgan fingerprint density at radius 2 is 1.82 bits per heavy atom. The number of nitrogens with zero attached hydrogens (tertiary/aromatic N) is 6. The van der Waals surface area contributed by atoms with Gasteiger partial charge in [-0.15, -0.1) is 0 Å². The van der Waals surface area contributed by atoms with E-state index < -0.39 is 6.23 Å². The Hall–Kier alpha value is -3.49. The van der Waals surface area contributed by atoms with Gasteiger partial charge in [0.05, 0.1) is 6.20 Å². The minimum absolute atomic E-state index is 0.624. The number of nitrogens with one attached hydrogen (secondary N) is 1. The fraction of sp³-hybridized carbons (Fsp3) is 0.320. The molecule has 0 aliphatic carbocycles. The third-order valence-corrected chi connectivity index (χ3v) is 6.39. The monoisotopic (exact) mass is 443 g/mol. The summed E-state index contributed by atoms with van der Waals surface area (Å²) in [5.41, 5.74) is 4.14. The van der Waals surface area contributed by atoms with Crippen LogP contribution in [0.2, 0.25) is 0 Å². The van der Waals surface area contributed by atoms with Gasteiger partial charge in [0.1, 0.15) is 11.6 Å². The van der Waals surface area contributed by atoms with E-state index in [1.807, 2.05) is 43.8 Å². The number of fused-ring (bicyclic) bond motifs is 1. The molecule has 1 atom stereocenters. The highest BCUT2D eigenvalue weighted by Crippen LogP contribution is 2.31.